The summed E-state index contributed by atoms with van der Waals surface area (Å²) in [6, 6.07) is 16.4. The van der Waals surface area contributed by atoms with Crippen LogP contribution in [0.1, 0.15) is 17.5 Å². The van der Waals surface area contributed by atoms with Crippen LogP contribution in [0.3, 0.4) is 0 Å². The van der Waals surface area contributed by atoms with E-state index in [0.29, 0.717) is 0 Å². The van der Waals surface area contributed by atoms with Gasteiger partial charge in [-0.15, -0.1) is 0 Å². The molecule has 2 aromatic rings. The third-order valence-electron chi connectivity index (χ3n) is 3.11. The average molecular weight is 255 g/mol. The van der Waals surface area contributed by atoms with Gasteiger partial charge < -0.3 is 10.1 Å². The number of hydrogen-bond donors (Lipinski definition) is 1. The topological polar surface area (TPSA) is 21.3 Å². The number of aryl methyl sites for hydroxylation is 2. The zero-order valence-electron chi connectivity index (χ0n) is 11.6. The molecule has 0 atom stereocenters. The maximum absolute atomic E-state index is 5.94. The van der Waals surface area contributed by atoms with Crippen LogP contribution in [0.4, 0.5) is 0 Å². The van der Waals surface area contributed by atoms with Gasteiger partial charge in [0.15, 0.2) is 0 Å². The van der Waals surface area contributed by atoms with Gasteiger partial charge in [0.2, 0.25) is 0 Å². The standard InChI is InChI=1S/C17H21NO/c1-14-7-3-4-11-17(14)19-16-10-5-8-15(13-16)9-6-12-18-2/h3-5,7-8,10-11,13,18H,6,9,12H2,1-2H3. The molecule has 19 heavy (non-hydrogen) atoms. The van der Waals surface area contributed by atoms with E-state index in [9.17, 15) is 0 Å². The van der Waals surface area contributed by atoms with Gasteiger partial charge in [0.25, 0.3) is 0 Å². The van der Waals surface area contributed by atoms with Crippen LogP contribution in [-0.2, 0) is 6.42 Å². The number of hydrogen-bond acceptors (Lipinski definition) is 2. The van der Waals surface area contributed by atoms with E-state index in [-0.39, 0.29) is 0 Å². The molecule has 0 aliphatic heterocycles. The van der Waals surface area contributed by atoms with Gasteiger partial charge in [-0.1, -0.05) is 30.3 Å². The van der Waals surface area contributed by atoms with Gasteiger partial charge in [-0.25, -0.2) is 0 Å². The maximum atomic E-state index is 5.94. The third kappa shape index (κ3) is 4.11. The van der Waals surface area contributed by atoms with E-state index in [1.807, 2.05) is 31.3 Å². The highest BCUT2D eigenvalue weighted by Gasteiger charge is 2.01. The van der Waals surface area contributed by atoms with E-state index in [0.717, 1.165) is 36.4 Å². The normalized spacial score (nSPS) is 10.4. The van der Waals surface area contributed by atoms with E-state index in [4.69, 9.17) is 4.74 Å². The lowest BCUT2D eigenvalue weighted by Crippen LogP contribution is -2.08. The molecule has 0 saturated carbocycles. The Bertz CT molecular complexity index is 522. The minimum absolute atomic E-state index is 0.913. The molecule has 2 rings (SSSR count). The summed E-state index contributed by atoms with van der Waals surface area (Å²) in [4.78, 5) is 0. The molecule has 0 bridgehead atoms. The third-order valence-corrected chi connectivity index (χ3v) is 3.11. The Labute approximate surface area is 115 Å². The van der Waals surface area contributed by atoms with Crippen LogP contribution < -0.4 is 10.1 Å². The summed E-state index contributed by atoms with van der Waals surface area (Å²) in [5, 5.41) is 3.17. The van der Waals surface area contributed by atoms with Gasteiger partial charge in [0, 0.05) is 0 Å². The molecule has 2 heteroatoms. The lowest BCUT2D eigenvalue weighted by molar-refractivity contribution is 0.478. The van der Waals surface area contributed by atoms with Crippen LogP contribution in [0.2, 0.25) is 0 Å². The van der Waals surface area contributed by atoms with Crippen molar-refractivity contribution in [3.8, 4) is 11.5 Å². The van der Waals surface area contributed by atoms with Crippen LogP contribution in [-0.4, -0.2) is 13.6 Å². The molecule has 2 aromatic carbocycles. The Morgan fingerprint density at radius 1 is 1.05 bits per heavy atom. The van der Waals surface area contributed by atoms with Crippen molar-refractivity contribution in [2.24, 2.45) is 0 Å². The molecule has 1 N–H and O–H groups in total. The summed E-state index contributed by atoms with van der Waals surface area (Å²) in [6.45, 7) is 3.11. The number of ether oxygens (including phenoxy) is 1. The predicted molar refractivity (Wildman–Crippen MR) is 79.9 cm³/mol. The second-order valence-electron chi connectivity index (χ2n) is 4.72. The quantitative estimate of drug-likeness (QED) is 0.789. The molecule has 0 unspecified atom stereocenters. The second kappa shape index (κ2) is 6.95. The summed E-state index contributed by atoms with van der Waals surface area (Å²) in [5.41, 5.74) is 2.48. The van der Waals surface area contributed by atoms with E-state index in [2.05, 4.69) is 36.5 Å². The Hall–Kier alpha value is -1.80. The monoisotopic (exact) mass is 255 g/mol. The zero-order chi connectivity index (χ0) is 13.5. The van der Waals surface area contributed by atoms with Gasteiger partial charge in [0.05, 0.1) is 0 Å². The molecule has 2 nitrogen and oxygen atoms in total. The molecular weight excluding hydrogens is 234 g/mol. The molecular formula is C17H21NO. The van der Waals surface area contributed by atoms with Crippen molar-refractivity contribution in [2.45, 2.75) is 19.8 Å². The van der Waals surface area contributed by atoms with Gasteiger partial charge in [0.1, 0.15) is 11.5 Å². The SMILES string of the molecule is CNCCCc1cccc(Oc2ccccc2C)c1. The highest BCUT2D eigenvalue weighted by molar-refractivity contribution is 5.38. The van der Waals surface area contributed by atoms with E-state index in [1.165, 1.54) is 5.56 Å². The van der Waals surface area contributed by atoms with Crippen LogP contribution in [0.25, 0.3) is 0 Å². The smallest absolute Gasteiger partial charge is 0.130 e. The summed E-state index contributed by atoms with van der Waals surface area (Å²) >= 11 is 0. The summed E-state index contributed by atoms with van der Waals surface area (Å²) < 4.78 is 5.94. The first-order valence-electron chi connectivity index (χ1n) is 6.76. The van der Waals surface area contributed by atoms with Crippen LogP contribution in [0.5, 0.6) is 11.5 Å². The number of nitrogens with one attached hydrogen (secondary N) is 1. The number of para-hydroxylation sites is 1. The molecule has 100 valence electrons. The van der Waals surface area contributed by atoms with Crippen LogP contribution >= 0.6 is 0 Å². The van der Waals surface area contributed by atoms with Crippen molar-refractivity contribution in [1.29, 1.82) is 0 Å². The number of rotatable bonds is 6. The summed E-state index contributed by atoms with van der Waals surface area (Å²) in [6.07, 6.45) is 2.22. The van der Waals surface area contributed by atoms with Crippen molar-refractivity contribution in [1.82, 2.24) is 5.32 Å². The second-order valence-corrected chi connectivity index (χ2v) is 4.72. The fraction of sp³-hybridized carbons (Fsp3) is 0.294. The van der Waals surface area contributed by atoms with Crippen LogP contribution in [0, 0.1) is 6.92 Å². The Balaban J connectivity index is 2.05. The van der Waals surface area contributed by atoms with Crippen molar-refractivity contribution in [2.75, 3.05) is 13.6 Å². The van der Waals surface area contributed by atoms with Crippen molar-refractivity contribution in [3.05, 3.63) is 59.7 Å². The molecule has 0 aliphatic carbocycles. The van der Waals surface area contributed by atoms with Crippen molar-refractivity contribution >= 4 is 0 Å². The molecule has 0 radical (unpaired) electrons. The van der Waals surface area contributed by atoms with Crippen molar-refractivity contribution in [3.63, 3.8) is 0 Å². The first kappa shape index (κ1) is 13.6. The Morgan fingerprint density at radius 2 is 1.89 bits per heavy atom. The lowest BCUT2D eigenvalue weighted by atomic mass is 10.1. The number of benzene rings is 2. The molecule has 0 heterocycles. The van der Waals surface area contributed by atoms with Gasteiger partial charge >= 0.3 is 0 Å². The minimum Gasteiger partial charge on any atom is -0.457 e. The molecule has 0 spiro atoms. The molecule has 0 aliphatic rings. The molecule has 0 saturated heterocycles. The highest BCUT2D eigenvalue weighted by Crippen LogP contribution is 2.25. The zero-order valence-corrected chi connectivity index (χ0v) is 11.6. The molecule has 0 fully saturated rings. The van der Waals surface area contributed by atoms with E-state index >= 15 is 0 Å². The summed E-state index contributed by atoms with van der Waals surface area (Å²) in [5.74, 6) is 1.84. The Morgan fingerprint density at radius 3 is 2.68 bits per heavy atom. The lowest BCUT2D eigenvalue weighted by Gasteiger charge is -2.09. The fourth-order valence-electron chi connectivity index (χ4n) is 2.03. The first-order chi connectivity index (χ1) is 9.29. The molecule has 0 amide bonds. The minimum atomic E-state index is 0.913. The molecule has 0 aromatic heterocycles. The summed E-state index contributed by atoms with van der Waals surface area (Å²) in [7, 11) is 1.98. The Kier molecular flexibility index (Phi) is 4.99. The van der Waals surface area contributed by atoms with E-state index in [1.54, 1.807) is 0 Å². The predicted octanol–water partition coefficient (Wildman–Crippen LogP) is 3.94. The largest absolute Gasteiger partial charge is 0.457 e. The maximum Gasteiger partial charge on any atom is 0.130 e. The first-order valence-corrected chi connectivity index (χ1v) is 6.76. The van der Waals surface area contributed by atoms with E-state index < -0.39 is 0 Å². The highest BCUT2D eigenvalue weighted by atomic mass is 16.5. The van der Waals surface area contributed by atoms with Gasteiger partial charge in [-0.05, 0) is 62.7 Å². The fourth-order valence-corrected chi connectivity index (χ4v) is 2.03. The average Bonchev–Trinajstić information content (AvgIpc) is 2.42. The van der Waals surface area contributed by atoms with Crippen molar-refractivity contribution < 1.29 is 4.74 Å². The van der Waals surface area contributed by atoms with Gasteiger partial charge in [-0.3, -0.25) is 0 Å². The van der Waals surface area contributed by atoms with Crippen LogP contribution in [0.15, 0.2) is 48.5 Å². The van der Waals surface area contributed by atoms with Gasteiger partial charge in [-0.2, -0.15) is 0 Å².